The van der Waals surface area contributed by atoms with Crippen molar-refractivity contribution < 1.29 is 23.6 Å². The molecule has 29 heavy (non-hydrogen) atoms. The minimum atomic E-state index is -0.993. The molecule has 162 valence electrons. The fraction of sp³-hybridized carbons (Fsp3) is 0.667. The second-order valence-electron chi connectivity index (χ2n) is 7.14. The molecule has 1 aromatic rings. The lowest BCUT2D eigenvalue weighted by Crippen LogP contribution is -2.41. The molecule has 0 aromatic carbocycles. The van der Waals surface area contributed by atoms with Crippen LogP contribution in [-0.4, -0.2) is 45.6 Å². The summed E-state index contributed by atoms with van der Waals surface area (Å²) >= 11 is 0. The van der Waals surface area contributed by atoms with E-state index in [0.29, 0.717) is 30.4 Å². The van der Waals surface area contributed by atoms with Crippen molar-refractivity contribution in [3.63, 3.8) is 0 Å². The van der Waals surface area contributed by atoms with Crippen molar-refractivity contribution >= 4 is 24.0 Å². The minimum absolute atomic E-state index is 0.156. The molecule has 4 N–H and O–H groups in total. The monoisotopic (exact) mass is 414 g/mol. The number of hydrazine groups is 1. The Kier molecular flexibility index (Phi) is 8.97. The van der Waals surface area contributed by atoms with Gasteiger partial charge in [-0.3, -0.25) is 25.6 Å². The third kappa shape index (κ3) is 6.77. The highest BCUT2D eigenvalue weighted by Gasteiger charge is 2.27. The highest BCUT2D eigenvalue weighted by atomic mass is 19.1. The van der Waals surface area contributed by atoms with Gasteiger partial charge in [-0.2, -0.15) is 4.39 Å². The number of alkyl halides is 1. The van der Waals surface area contributed by atoms with E-state index in [9.17, 15) is 23.6 Å². The molecule has 0 radical (unpaired) electrons. The van der Waals surface area contributed by atoms with E-state index in [1.54, 1.807) is 0 Å². The number of hydroxylamine groups is 2. The molecule has 1 aliphatic rings. The molecule has 9 nitrogen and oxygen atoms in total. The first-order valence-corrected chi connectivity index (χ1v) is 9.81. The number of nitrogens with zero attached hydrogens (tertiary/aromatic N) is 3. The van der Waals surface area contributed by atoms with Crippen molar-refractivity contribution in [3.8, 4) is 0 Å². The highest BCUT2D eigenvalue weighted by molar-refractivity contribution is 5.80. The van der Waals surface area contributed by atoms with Crippen molar-refractivity contribution in [2.45, 2.75) is 52.1 Å². The van der Waals surface area contributed by atoms with Crippen LogP contribution in [0.25, 0.3) is 0 Å². The molecule has 0 unspecified atom stereocenters. The molecule has 2 rings (SSSR count). The van der Waals surface area contributed by atoms with Gasteiger partial charge in [-0.1, -0.05) is 32.6 Å². The van der Waals surface area contributed by atoms with Crippen molar-refractivity contribution in [3.05, 3.63) is 11.6 Å². The van der Waals surface area contributed by atoms with Crippen molar-refractivity contribution in [2.24, 2.45) is 11.8 Å². The maximum Gasteiger partial charge on any atom is 0.243 e. The van der Waals surface area contributed by atoms with Crippen molar-refractivity contribution in [1.29, 1.82) is 0 Å². The number of hydrogen-bond donors (Lipinski definition) is 4. The topological polar surface area (TPSA) is 119 Å². The van der Waals surface area contributed by atoms with Gasteiger partial charge in [0.05, 0.1) is 12.5 Å². The zero-order valence-electron chi connectivity index (χ0n) is 16.5. The standard InChI is InChI=1S/C18H28F2N6O3/c1-2-7-21-16-15(20)17(23-14(9-19)22-16)24-25-18(28)13(10-26(29)11-27)8-12-5-3-4-6-12/h11-13,29H,2-10H2,1H3,(H,25,28)(H2,21,22,23,24)/t13-/m1/s1. The molecule has 2 amide bonds. The van der Waals surface area contributed by atoms with Gasteiger partial charge in [0.25, 0.3) is 0 Å². The predicted octanol–water partition coefficient (Wildman–Crippen LogP) is 2.39. The van der Waals surface area contributed by atoms with Crippen LogP contribution in [0, 0.1) is 17.7 Å². The molecule has 1 saturated carbocycles. The molecule has 0 spiro atoms. The van der Waals surface area contributed by atoms with Crippen LogP contribution in [0.15, 0.2) is 0 Å². The summed E-state index contributed by atoms with van der Waals surface area (Å²) in [5, 5.41) is 12.7. The number of carbonyl (C=O) groups excluding carboxylic acids is 2. The Balaban J connectivity index is 2.07. The summed E-state index contributed by atoms with van der Waals surface area (Å²) < 4.78 is 27.6. The molecule has 1 fully saturated rings. The Morgan fingerprint density at radius 2 is 2.03 bits per heavy atom. The summed E-state index contributed by atoms with van der Waals surface area (Å²) in [4.78, 5) is 30.8. The van der Waals surface area contributed by atoms with E-state index in [2.05, 4.69) is 26.1 Å². The first-order chi connectivity index (χ1) is 14.0. The number of halogens is 2. The molecule has 11 heteroatoms. The average Bonchev–Trinajstić information content (AvgIpc) is 3.24. The van der Waals surface area contributed by atoms with E-state index in [4.69, 9.17) is 0 Å². The second-order valence-corrected chi connectivity index (χ2v) is 7.14. The highest BCUT2D eigenvalue weighted by Crippen LogP contribution is 2.30. The molecule has 1 aliphatic carbocycles. The number of aromatic nitrogens is 2. The summed E-state index contributed by atoms with van der Waals surface area (Å²) in [6, 6.07) is 0. The third-order valence-electron chi connectivity index (χ3n) is 4.86. The van der Waals surface area contributed by atoms with Crippen LogP contribution < -0.4 is 16.2 Å². The summed E-state index contributed by atoms with van der Waals surface area (Å²) in [6.45, 7) is 1.15. The second kappa shape index (κ2) is 11.4. The smallest absolute Gasteiger partial charge is 0.243 e. The molecular weight excluding hydrogens is 386 g/mol. The van der Waals surface area contributed by atoms with Crippen LogP contribution >= 0.6 is 0 Å². The Bertz CT molecular complexity index is 688. The summed E-state index contributed by atoms with van der Waals surface area (Å²) in [5.41, 5.74) is 4.73. The first kappa shape index (κ1) is 22.7. The predicted molar refractivity (Wildman–Crippen MR) is 102 cm³/mol. The number of carbonyl (C=O) groups is 2. The SMILES string of the molecule is CCCNc1nc(CF)nc(NNC(=O)[C@H](CC2CCCC2)CN(O)C=O)c1F. The van der Waals surface area contributed by atoms with Gasteiger partial charge >= 0.3 is 0 Å². The van der Waals surface area contributed by atoms with Crippen molar-refractivity contribution in [2.75, 3.05) is 23.8 Å². The maximum atomic E-state index is 14.5. The zero-order valence-corrected chi connectivity index (χ0v) is 16.5. The van der Waals surface area contributed by atoms with Crippen molar-refractivity contribution in [1.82, 2.24) is 20.5 Å². The van der Waals surface area contributed by atoms with Gasteiger partial charge in [0.1, 0.15) is 6.67 Å². The number of hydrogen-bond acceptors (Lipinski definition) is 7. The summed E-state index contributed by atoms with van der Waals surface area (Å²) in [6.07, 6.45) is 5.56. The van der Waals surface area contributed by atoms with Gasteiger partial charge in [-0.25, -0.2) is 19.4 Å². The zero-order chi connectivity index (χ0) is 21.2. The third-order valence-corrected chi connectivity index (χ3v) is 4.86. The van der Waals surface area contributed by atoms with E-state index in [1.807, 2.05) is 6.92 Å². The Labute approximate surface area is 168 Å². The Hall–Kier alpha value is -2.56. The van der Waals surface area contributed by atoms with Gasteiger partial charge in [-0.15, -0.1) is 0 Å². The largest absolute Gasteiger partial charge is 0.367 e. The number of amides is 2. The number of nitrogens with one attached hydrogen (secondary N) is 3. The molecule has 0 aliphatic heterocycles. The van der Waals surface area contributed by atoms with Crippen LogP contribution in [0.3, 0.4) is 0 Å². The molecule has 1 atom stereocenters. The fourth-order valence-electron chi connectivity index (χ4n) is 3.40. The molecule has 1 aromatic heterocycles. The fourth-order valence-corrected chi connectivity index (χ4v) is 3.40. The number of rotatable bonds is 12. The summed E-state index contributed by atoms with van der Waals surface area (Å²) in [5.74, 6) is -2.49. The van der Waals surface area contributed by atoms with E-state index < -0.39 is 24.3 Å². The van der Waals surface area contributed by atoms with Gasteiger partial charge in [-0.05, 0) is 18.8 Å². The lowest BCUT2D eigenvalue weighted by molar-refractivity contribution is -0.154. The lowest BCUT2D eigenvalue weighted by atomic mass is 9.92. The molecule has 0 saturated heterocycles. The van der Waals surface area contributed by atoms with E-state index >= 15 is 0 Å². The van der Waals surface area contributed by atoms with Crippen LogP contribution in [0.5, 0.6) is 0 Å². The van der Waals surface area contributed by atoms with Crippen LogP contribution in [0.2, 0.25) is 0 Å². The van der Waals surface area contributed by atoms with Gasteiger partial charge in [0.2, 0.25) is 18.1 Å². The van der Waals surface area contributed by atoms with E-state index in [1.165, 1.54) is 0 Å². The number of anilines is 2. The first-order valence-electron chi connectivity index (χ1n) is 9.81. The molecule has 0 bridgehead atoms. The van der Waals surface area contributed by atoms with E-state index in [0.717, 1.165) is 25.7 Å². The van der Waals surface area contributed by atoms with Gasteiger partial charge in [0.15, 0.2) is 17.5 Å². The van der Waals surface area contributed by atoms with E-state index in [-0.39, 0.29) is 30.4 Å². The minimum Gasteiger partial charge on any atom is -0.367 e. The Morgan fingerprint density at radius 3 is 2.66 bits per heavy atom. The van der Waals surface area contributed by atoms with Crippen LogP contribution in [-0.2, 0) is 16.3 Å². The quantitative estimate of drug-likeness (QED) is 0.235. The van der Waals surface area contributed by atoms with Crippen LogP contribution in [0.4, 0.5) is 20.4 Å². The van der Waals surface area contributed by atoms with Gasteiger partial charge in [0, 0.05) is 6.54 Å². The Morgan fingerprint density at radius 1 is 1.34 bits per heavy atom. The maximum absolute atomic E-state index is 14.5. The molecule has 1 heterocycles. The normalized spacial score (nSPS) is 15.0. The summed E-state index contributed by atoms with van der Waals surface area (Å²) in [7, 11) is 0. The van der Waals surface area contributed by atoms with Gasteiger partial charge < -0.3 is 5.32 Å². The average molecular weight is 414 g/mol. The van der Waals surface area contributed by atoms with Crippen LogP contribution in [0.1, 0.15) is 51.3 Å². The molecular formula is C18H28F2N6O3. The lowest BCUT2D eigenvalue weighted by Gasteiger charge is -2.22.